The van der Waals surface area contributed by atoms with E-state index in [0.29, 0.717) is 31.2 Å². The number of aromatic nitrogens is 3. The van der Waals surface area contributed by atoms with Crippen molar-refractivity contribution in [1.82, 2.24) is 15.0 Å². The largest absolute Gasteiger partial charge is 0.391 e. The van der Waals surface area contributed by atoms with Crippen LogP contribution in [-0.2, 0) is 17.7 Å². The predicted molar refractivity (Wildman–Crippen MR) is 62.9 cm³/mol. The monoisotopic (exact) mass is 254 g/mol. The Balaban J connectivity index is 2.14. The quantitative estimate of drug-likeness (QED) is 0.672. The van der Waals surface area contributed by atoms with Gasteiger partial charge < -0.3 is 15.6 Å². The third-order valence-electron chi connectivity index (χ3n) is 3.14. The lowest BCUT2D eigenvalue weighted by Crippen LogP contribution is -2.22. The summed E-state index contributed by atoms with van der Waals surface area (Å²) in [7, 11) is 1.58. The van der Waals surface area contributed by atoms with Gasteiger partial charge in [0.2, 0.25) is 0 Å². The maximum atomic E-state index is 11.2. The fourth-order valence-electron chi connectivity index (χ4n) is 1.92. The van der Waals surface area contributed by atoms with Gasteiger partial charge in [0.25, 0.3) is 5.91 Å². The molecule has 1 unspecified atom stereocenters. The van der Waals surface area contributed by atoms with E-state index in [0.717, 1.165) is 12.8 Å². The third kappa shape index (κ3) is 2.85. The molecule has 1 aliphatic rings. The first kappa shape index (κ1) is 13.0. The fraction of sp³-hybridized carbons (Fsp3) is 0.727. The van der Waals surface area contributed by atoms with Crippen molar-refractivity contribution in [3.8, 4) is 0 Å². The summed E-state index contributed by atoms with van der Waals surface area (Å²) >= 11 is 0. The van der Waals surface area contributed by atoms with Crippen LogP contribution in [0.5, 0.6) is 0 Å². The van der Waals surface area contributed by atoms with E-state index in [2.05, 4.69) is 10.3 Å². The number of nitrogens with zero attached hydrogens (tertiary/aromatic N) is 3. The number of carbonyl (C=O) groups is 1. The minimum atomic E-state index is -0.603. The van der Waals surface area contributed by atoms with Gasteiger partial charge in [-0.05, 0) is 18.8 Å². The minimum Gasteiger partial charge on any atom is -0.391 e. The Kier molecular flexibility index (Phi) is 3.93. The topological polar surface area (TPSA) is 103 Å². The van der Waals surface area contributed by atoms with Crippen LogP contribution < -0.4 is 5.73 Å². The molecule has 1 fully saturated rings. The molecule has 0 radical (unpaired) electrons. The Labute approximate surface area is 105 Å². The van der Waals surface area contributed by atoms with Crippen molar-refractivity contribution in [1.29, 1.82) is 0 Å². The second-order valence-electron chi connectivity index (χ2n) is 4.58. The Bertz CT molecular complexity index is 428. The van der Waals surface area contributed by atoms with Crippen molar-refractivity contribution in [3.05, 3.63) is 11.4 Å². The number of methoxy groups -OCH3 is 1. The van der Waals surface area contributed by atoms with Gasteiger partial charge in [0.1, 0.15) is 0 Å². The van der Waals surface area contributed by atoms with Crippen molar-refractivity contribution < 1.29 is 14.6 Å². The van der Waals surface area contributed by atoms with E-state index < -0.39 is 12.0 Å². The molecule has 1 aliphatic carbocycles. The molecule has 1 aromatic heterocycles. The molecule has 0 aromatic carbocycles. The summed E-state index contributed by atoms with van der Waals surface area (Å²) in [5, 5.41) is 17.6. The maximum Gasteiger partial charge on any atom is 0.271 e. The Hall–Kier alpha value is -1.47. The first-order valence-electron chi connectivity index (χ1n) is 6.02. The fourth-order valence-corrected chi connectivity index (χ4v) is 1.92. The first-order chi connectivity index (χ1) is 8.63. The molecule has 100 valence electrons. The smallest absolute Gasteiger partial charge is 0.271 e. The molecule has 2 rings (SSSR count). The molecule has 0 aliphatic heterocycles. The molecule has 1 aromatic rings. The highest BCUT2D eigenvalue weighted by molar-refractivity contribution is 5.91. The SMILES string of the molecule is COCCc1c(C(N)=O)nnn1CC(O)C1CC1. The van der Waals surface area contributed by atoms with Crippen molar-refractivity contribution in [2.75, 3.05) is 13.7 Å². The van der Waals surface area contributed by atoms with Gasteiger partial charge in [0.05, 0.1) is 24.9 Å². The summed E-state index contributed by atoms with van der Waals surface area (Å²) in [5.41, 5.74) is 6.04. The van der Waals surface area contributed by atoms with Crippen LogP contribution in [-0.4, -0.2) is 45.8 Å². The molecule has 7 heteroatoms. The van der Waals surface area contributed by atoms with Crippen molar-refractivity contribution in [2.24, 2.45) is 11.7 Å². The Morgan fingerprint density at radius 1 is 1.67 bits per heavy atom. The Morgan fingerprint density at radius 3 is 2.94 bits per heavy atom. The molecule has 1 heterocycles. The lowest BCUT2D eigenvalue weighted by Gasteiger charge is -2.11. The van der Waals surface area contributed by atoms with Crippen LogP contribution in [0.4, 0.5) is 0 Å². The maximum absolute atomic E-state index is 11.2. The lowest BCUT2D eigenvalue weighted by atomic mass is 10.2. The number of nitrogens with two attached hydrogens (primary N) is 1. The predicted octanol–water partition coefficient (Wildman–Crippen LogP) is -0.663. The van der Waals surface area contributed by atoms with Crippen molar-refractivity contribution >= 4 is 5.91 Å². The van der Waals surface area contributed by atoms with Gasteiger partial charge in [-0.1, -0.05) is 5.21 Å². The number of hydrogen-bond donors (Lipinski definition) is 2. The molecular formula is C11H18N4O3. The zero-order chi connectivity index (χ0) is 13.1. The molecule has 7 nitrogen and oxygen atoms in total. The van der Waals surface area contributed by atoms with Gasteiger partial charge in [-0.2, -0.15) is 0 Å². The van der Waals surface area contributed by atoms with Crippen LogP contribution >= 0.6 is 0 Å². The highest BCUT2D eigenvalue weighted by Gasteiger charge is 2.31. The number of carbonyl (C=O) groups excluding carboxylic acids is 1. The molecule has 1 saturated carbocycles. The molecule has 1 amide bonds. The van der Waals surface area contributed by atoms with E-state index >= 15 is 0 Å². The summed E-state index contributed by atoms with van der Waals surface area (Å²) in [5.74, 6) is -0.255. The number of primary amides is 1. The summed E-state index contributed by atoms with van der Waals surface area (Å²) in [6, 6.07) is 0. The van der Waals surface area contributed by atoms with E-state index in [4.69, 9.17) is 10.5 Å². The van der Waals surface area contributed by atoms with Crippen LogP contribution in [0.15, 0.2) is 0 Å². The standard InChI is InChI=1S/C11H18N4O3/c1-18-5-4-8-10(11(12)17)13-14-15(8)6-9(16)7-2-3-7/h7,9,16H,2-6H2,1H3,(H2,12,17). The third-order valence-corrected chi connectivity index (χ3v) is 3.14. The molecular weight excluding hydrogens is 236 g/mol. The van der Waals surface area contributed by atoms with Crippen molar-refractivity contribution in [2.45, 2.75) is 31.9 Å². The average molecular weight is 254 g/mol. The Morgan fingerprint density at radius 2 is 2.39 bits per heavy atom. The van der Waals surface area contributed by atoms with E-state index in [1.807, 2.05) is 0 Å². The van der Waals surface area contributed by atoms with Crippen molar-refractivity contribution in [3.63, 3.8) is 0 Å². The van der Waals surface area contributed by atoms with Gasteiger partial charge in [-0.3, -0.25) is 4.79 Å². The van der Waals surface area contributed by atoms with Crippen LogP contribution in [0, 0.1) is 5.92 Å². The van der Waals surface area contributed by atoms with E-state index in [9.17, 15) is 9.90 Å². The number of aliphatic hydroxyl groups excluding tert-OH is 1. The van der Waals surface area contributed by atoms with Gasteiger partial charge in [0, 0.05) is 13.5 Å². The number of rotatable bonds is 7. The minimum absolute atomic E-state index is 0.162. The lowest BCUT2D eigenvalue weighted by molar-refractivity contribution is 0.0993. The first-order valence-corrected chi connectivity index (χ1v) is 6.02. The van der Waals surface area contributed by atoms with Gasteiger partial charge in [0.15, 0.2) is 5.69 Å². The molecule has 1 atom stereocenters. The molecule has 18 heavy (non-hydrogen) atoms. The van der Waals surface area contributed by atoms with Gasteiger partial charge in [-0.25, -0.2) is 4.68 Å². The highest BCUT2D eigenvalue weighted by atomic mass is 16.5. The average Bonchev–Trinajstić information content (AvgIpc) is 3.10. The summed E-state index contributed by atoms with van der Waals surface area (Å²) in [6.45, 7) is 0.803. The zero-order valence-electron chi connectivity index (χ0n) is 10.4. The number of hydrogen-bond acceptors (Lipinski definition) is 5. The molecule has 0 spiro atoms. The van der Waals surface area contributed by atoms with Gasteiger partial charge in [-0.15, -0.1) is 5.10 Å². The number of ether oxygens (including phenoxy) is 1. The summed E-state index contributed by atoms with van der Waals surface area (Å²) in [4.78, 5) is 11.2. The van der Waals surface area contributed by atoms with Crippen LogP contribution in [0.25, 0.3) is 0 Å². The number of aliphatic hydroxyl groups is 1. The summed E-state index contributed by atoms with van der Waals surface area (Å²) in [6.07, 6.45) is 2.16. The second-order valence-corrected chi connectivity index (χ2v) is 4.58. The van der Waals surface area contributed by atoms with Gasteiger partial charge >= 0.3 is 0 Å². The molecule has 3 N–H and O–H groups in total. The summed E-state index contributed by atoms with van der Waals surface area (Å²) < 4.78 is 6.54. The second kappa shape index (κ2) is 5.45. The molecule has 0 saturated heterocycles. The highest BCUT2D eigenvalue weighted by Crippen LogP contribution is 2.33. The van der Waals surface area contributed by atoms with E-state index in [1.165, 1.54) is 0 Å². The number of amides is 1. The normalized spacial score (nSPS) is 16.8. The van der Waals surface area contributed by atoms with Crippen LogP contribution in [0.2, 0.25) is 0 Å². The van der Waals surface area contributed by atoms with E-state index in [-0.39, 0.29) is 5.69 Å². The molecule has 0 bridgehead atoms. The van der Waals surface area contributed by atoms with Crippen LogP contribution in [0.3, 0.4) is 0 Å². The van der Waals surface area contributed by atoms with Crippen LogP contribution in [0.1, 0.15) is 29.0 Å². The van der Waals surface area contributed by atoms with E-state index in [1.54, 1.807) is 11.8 Å². The zero-order valence-corrected chi connectivity index (χ0v) is 10.4.